The fraction of sp³-hybridized carbons (Fsp3) is 0.571. The smallest absolute Gasteiger partial charge is 0.375 e. The number of nitrogens with one attached hydrogen (secondary N) is 1. The summed E-state index contributed by atoms with van der Waals surface area (Å²) >= 11 is 2.74. The maximum absolute atomic E-state index is 10.4. The van der Waals surface area contributed by atoms with Crippen molar-refractivity contribution in [1.82, 2.24) is 5.32 Å². The number of primary amides is 1. The molecule has 0 aromatic carbocycles. The Labute approximate surface area is 114 Å². The number of hydrogen-bond acceptors (Lipinski definition) is 5. The van der Waals surface area contributed by atoms with E-state index in [0.29, 0.717) is 0 Å². The Morgan fingerprint density at radius 2 is 1.80 bits per heavy atom. The van der Waals surface area contributed by atoms with Crippen LogP contribution in [0.4, 0.5) is 9.59 Å². The zero-order valence-electron chi connectivity index (χ0n) is 7.66. The summed E-state index contributed by atoms with van der Waals surface area (Å²) in [5, 5.41) is 2.98. The van der Waals surface area contributed by atoms with Crippen molar-refractivity contribution >= 4 is 59.0 Å². The van der Waals surface area contributed by atoms with Crippen molar-refractivity contribution in [2.24, 2.45) is 5.73 Å². The molecular formula is C7H10I2N2O4. The number of carbonyl (C=O) groups is 3. The van der Waals surface area contributed by atoms with E-state index in [0.717, 1.165) is 19.4 Å². The Kier molecular flexibility index (Phi) is 8.23. The fourth-order valence-corrected chi connectivity index (χ4v) is 1.81. The minimum atomic E-state index is -0.600. The van der Waals surface area contributed by atoms with E-state index < -0.39 is 7.95 Å². The van der Waals surface area contributed by atoms with Gasteiger partial charge in [-0.2, -0.15) is 0 Å². The van der Waals surface area contributed by atoms with Crippen molar-refractivity contribution in [1.29, 1.82) is 0 Å². The van der Waals surface area contributed by atoms with Crippen molar-refractivity contribution in [3.05, 3.63) is 0 Å². The van der Waals surface area contributed by atoms with Crippen LogP contribution in [0, 0.1) is 0 Å². The first-order valence-electron chi connectivity index (χ1n) is 4.03. The number of rotatable bonds is 1. The highest BCUT2D eigenvalue weighted by Gasteiger charge is 2.18. The van der Waals surface area contributed by atoms with Crippen LogP contribution in [-0.4, -0.2) is 26.4 Å². The molecule has 1 fully saturated rings. The summed E-state index contributed by atoms with van der Waals surface area (Å²) < 4.78 is 2.75. The molecule has 1 saturated heterocycles. The molecule has 0 saturated carbocycles. The maximum Gasteiger partial charge on any atom is 0.375 e. The molecule has 0 aromatic rings. The predicted octanol–water partition coefficient (Wildman–Crippen LogP) is 1.34. The summed E-state index contributed by atoms with van der Waals surface area (Å²) in [5.41, 5.74) is 5.00. The largest absolute Gasteiger partial charge is 0.378 e. The lowest BCUT2D eigenvalue weighted by Crippen LogP contribution is -2.36. The normalized spacial score (nSPS) is 18.7. The second kappa shape index (κ2) is 8.21. The van der Waals surface area contributed by atoms with Gasteiger partial charge < -0.3 is 15.8 Å². The van der Waals surface area contributed by atoms with Gasteiger partial charge in [0, 0.05) is 0 Å². The molecule has 0 spiro atoms. The third-order valence-corrected chi connectivity index (χ3v) is 2.00. The van der Waals surface area contributed by atoms with Gasteiger partial charge in [-0.25, -0.2) is 9.59 Å². The van der Waals surface area contributed by atoms with E-state index in [1.807, 2.05) is 0 Å². The second-order valence-corrected chi connectivity index (χ2v) is 4.39. The molecule has 0 aliphatic carbocycles. The van der Waals surface area contributed by atoms with Crippen LogP contribution < -0.4 is 11.1 Å². The number of amides is 1. The first-order valence-corrected chi connectivity index (χ1v) is 6.18. The van der Waals surface area contributed by atoms with Crippen molar-refractivity contribution in [3.63, 3.8) is 0 Å². The van der Waals surface area contributed by atoms with Crippen molar-refractivity contribution in [3.8, 4) is 0 Å². The molecule has 1 unspecified atom stereocenters. The average molecular weight is 440 g/mol. The number of hydrogen-bond donors (Lipinski definition) is 2. The summed E-state index contributed by atoms with van der Waals surface area (Å²) in [4.78, 5) is 29.9. The van der Waals surface area contributed by atoms with Gasteiger partial charge >= 0.3 is 7.95 Å². The van der Waals surface area contributed by atoms with E-state index in [1.54, 1.807) is 0 Å². The number of nitrogens with two attached hydrogens (primary N) is 1. The lowest BCUT2D eigenvalue weighted by Gasteiger charge is -2.01. The van der Waals surface area contributed by atoms with Crippen LogP contribution >= 0.6 is 45.2 Å². The van der Waals surface area contributed by atoms with Gasteiger partial charge in [0.05, 0.1) is 51.2 Å². The molecule has 86 valence electrons. The van der Waals surface area contributed by atoms with E-state index in [4.69, 9.17) is 5.73 Å². The first-order chi connectivity index (χ1) is 6.93. The molecule has 0 aromatic heterocycles. The van der Waals surface area contributed by atoms with Crippen molar-refractivity contribution in [2.45, 2.75) is 18.9 Å². The standard InChI is InChI=1S/C5H10N2O.C2I2O3/c6-5(8)4-2-1-3-7-4;3-1(5)7-2(4)6/h4,7H,1-3H2,(H2,6,8);. The minimum Gasteiger partial charge on any atom is -0.378 e. The average Bonchev–Trinajstić information content (AvgIpc) is 2.52. The zero-order chi connectivity index (χ0) is 11.8. The number of halogens is 2. The zero-order valence-corrected chi connectivity index (χ0v) is 12.0. The van der Waals surface area contributed by atoms with Crippen molar-refractivity contribution < 1.29 is 19.1 Å². The third-order valence-electron chi connectivity index (χ3n) is 1.56. The molecule has 1 amide bonds. The highest BCUT2D eigenvalue weighted by molar-refractivity contribution is 14.1. The Balaban J connectivity index is 0.000000265. The van der Waals surface area contributed by atoms with Gasteiger partial charge in [-0.05, 0) is 19.4 Å². The van der Waals surface area contributed by atoms with E-state index in [9.17, 15) is 14.4 Å². The van der Waals surface area contributed by atoms with E-state index in [-0.39, 0.29) is 11.9 Å². The Morgan fingerprint density at radius 1 is 1.27 bits per heavy atom. The number of ether oxygens (including phenoxy) is 1. The Hall–Kier alpha value is 0.0300. The fourth-order valence-electron chi connectivity index (χ4n) is 0.990. The molecule has 6 nitrogen and oxygen atoms in total. The molecule has 3 N–H and O–H groups in total. The molecule has 1 aliphatic heterocycles. The van der Waals surface area contributed by atoms with Crippen LogP contribution in [0.25, 0.3) is 0 Å². The van der Waals surface area contributed by atoms with Gasteiger partial charge in [0.1, 0.15) is 0 Å². The SMILES string of the molecule is NC(=O)C1CCCN1.O=C(I)OC(=O)I. The molecule has 1 rings (SSSR count). The third kappa shape index (κ3) is 8.99. The van der Waals surface area contributed by atoms with Crippen LogP contribution in [0.15, 0.2) is 0 Å². The maximum atomic E-state index is 10.4. The van der Waals surface area contributed by atoms with Crippen LogP contribution in [-0.2, 0) is 9.53 Å². The van der Waals surface area contributed by atoms with Gasteiger partial charge in [-0.15, -0.1) is 0 Å². The summed E-state index contributed by atoms with van der Waals surface area (Å²) in [6.45, 7) is 0.938. The quantitative estimate of drug-likeness (QED) is 0.365. The monoisotopic (exact) mass is 440 g/mol. The molecule has 1 atom stereocenters. The van der Waals surface area contributed by atoms with Crippen LogP contribution in [0.1, 0.15) is 12.8 Å². The Morgan fingerprint density at radius 3 is 1.93 bits per heavy atom. The lowest BCUT2D eigenvalue weighted by atomic mass is 10.2. The van der Waals surface area contributed by atoms with E-state index in [1.165, 1.54) is 45.2 Å². The molecule has 8 heteroatoms. The topological polar surface area (TPSA) is 98.5 Å². The second-order valence-electron chi connectivity index (χ2n) is 2.63. The van der Waals surface area contributed by atoms with Gasteiger partial charge in [0.15, 0.2) is 0 Å². The summed E-state index contributed by atoms with van der Waals surface area (Å²) in [6.07, 6.45) is 1.99. The molecular weight excluding hydrogens is 430 g/mol. The van der Waals surface area contributed by atoms with Crippen LogP contribution in [0.3, 0.4) is 0 Å². The minimum absolute atomic E-state index is 0.0463. The van der Waals surface area contributed by atoms with Gasteiger partial charge in [-0.3, -0.25) is 4.79 Å². The van der Waals surface area contributed by atoms with Gasteiger partial charge in [0.2, 0.25) is 5.91 Å². The van der Waals surface area contributed by atoms with Gasteiger partial charge in [0.25, 0.3) is 0 Å². The van der Waals surface area contributed by atoms with Crippen molar-refractivity contribution in [2.75, 3.05) is 6.54 Å². The van der Waals surface area contributed by atoms with Crippen LogP contribution in [0.2, 0.25) is 0 Å². The van der Waals surface area contributed by atoms with E-state index in [2.05, 4.69) is 10.1 Å². The first kappa shape index (κ1) is 15.0. The summed E-state index contributed by atoms with van der Waals surface area (Å²) in [7, 11) is 0. The predicted molar refractivity (Wildman–Crippen MR) is 70.1 cm³/mol. The van der Waals surface area contributed by atoms with Gasteiger partial charge in [-0.1, -0.05) is 0 Å². The van der Waals surface area contributed by atoms with Crippen LogP contribution in [0.5, 0.6) is 0 Å². The molecule has 1 heterocycles. The highest BCUT2D eigenvalue weighted by atomic mass is 127. The molecule has 0 radical (unpaired) electrons. The molecule has 1 aliphatic rings. The highest BCUT2D eigenvalue weighted by Crippen LogP contribution is 2.02. The van der Waals surface area contributed by atoms with E-state index >= 15 is 0 Å². The number of carbonyl (C=O) groups excluding carboxylic acids is 3. The summed E-state index contributed by atoms with van der Waals surface area (Å²) in [5.74, 6) is -0.220. The lowest BCUT2D eigenvalue weighted by molar-refractivity contribution is -0.119. The molecule has 15 heavy (non-hydrogen) atoms. The Bertz CT molecular complexity index is 241. The molecule has 0 bridgehead atoms. The summed E-state index contributed by atoms with van der Waals surface area (Å²) in [6, 6.07) is -0.0463.